The van der Waals surface area contributed by atoms with E-state index in [1.54, 1.807) is 11.8 Å². The molecule has 6 heteroatoms. The molecule has 1 rings (SSSR count). The number of carbonyl (C=O) groups excluding carboxylic acids is 1. The Bertz CT molecular complexity index is 322. The van der Waals surface area contributed by atoms with Crippen molar-refractivity contribution in [3.05, 3.63) is 0 Å². The molecular weight excluding hydrogens is 264 g/mol. The van der Waals surface area contributed by atoms with Gasteiger partial charge in [0.2, 0.25) is 5.91 Å². The molecule has 0 spiro atoms. The van der Waals surface area contributed by atoms with E-state index in [9.17, 15) is 14.7 Å². The van der Waals surface area contributed by atoms with Gasteiger partial charge < -0.3 is 15.7 Å². The van der Waals surface area contributed by atoms with Crippen molar-refractivity contribution in [2.45, 2.75) is 33.2 Å². The molecule has 19 heavy (non-hydrogen) atoms. The number of hydrogen-bond acceptors (Lipinski definition) is 4. The predicted octanol–water partition coefficient (Wildman–Crippen LogP) is 0.945. The van der Waals surface area contributed by atoms with Crippen molar-refractivity contribution in [3.63, 3.8) is 0 Å². The predicted molar refractivity (Wildman–Crippen MR) is 77.3 cm³/mol. The zero-order chi connectivity index (χ0) is 14.5. The lowest BCUT2D eigenvalue weighted by Gasteiger charge is -2.25. The summed E-state index contributed by atoms with van der Waals surface area (Å²) >= 11 is 1.74. The summed E-state index contributed by atoms with van der Waals surface area (Å²) in [5.74, 6) is 0.308. The summed E-state index contributed by atoms with van der Waals surface area (Å²) in [6.45, 7) is 7.04. The summed E-state index contributed by atoms with van der Waals surface area (Å²) < 4.78 is 0. The molecule has 0 aliphatic carbocycles. The first-order valence-corrected chi connectivity index (χ1v) is 7.77. The monoisotopic (exact) mass is 288 g/mol. The van der Waals surface area contributed by atoms with Gasteiger partial charge in [-0.1, -0.05) is 20.8 Å². The fourth-order valence-electron chi connectivity index (χ4n) is 2.07. The van der Waals surface area contributed by atoms with Crippen LogP contribution in [0.25, 0.3) is 0 Å². The molecule has 0 aromatic heterocycles. The van der Waals surface area contributed by atoms with Gasteiger partial charge in [0, 0.05) is 24.6 Å². The topological polar surface area (TPSA) is 78.4 Å². The van der Waals surface area contributed by atoms with Gasteiger partial charge in [0.15, 0.2) is 0 Å². The third-order valence-electron chi connectivity index (χ3n) is 2.97. The molecule has 0 saturated carbocycles. The van der Waals surface area contributed by atoms with Gasteiger partial charge >= 0.3 is 5.97 Å². The van der Waals surface area contributed by atoms with Gasteiger partial charge in [-0.15, -0.1) is 0 Å². The molecule has 0 aromatic carbocycles. The number of carboxylic acid groups (broad SMARTS) is 1. The molecule has 110 valence electrons. The average Bonchev–Trinajstić information content (AvgIpc) is 2.33. The molecule has 0 aromatic rings. The highest BCUT2D eigenvalue weighted by atomic mass is 32.2. The van der Waals surface area contributed by atoms with Crippen LogP contribution in [0.5, 0.6) is 0 Å². The quantitative estimate of drug-likeness (QED) is 0.702. The molecule has 1 saturated heterocycles. The Hall–Kier alpha value is -0.750. The van der Waals surface area contributed by atoms with Crippen LogP contribution in [0.3, 0.4) is 0 Å². The summed E-state index contributed by atoms with van der Waals surface area (Å²) in [4.78, 5) is 23.1. The van der Waals surface area contributed by atoms with Crippen LogP contribution in [0, 0.1) is 11.3 Å². The van der Waals surface area contributed by atoms with Gasteiger partial charge in [-0.25, -0.2) is 0 Å². The number of thioether (sulfide) groups is 1. The number of nitrogens with one attached hydrogen (secondary N) is 2. The molecule has 1 heterocycles. The summed E-state index contributed by atoms with van der Waals surface area (Å²) in [5.41, 5.74) is -0.0628. The first-order valence-electron chi connectivity index (χ1n) is 6.61. The molecule has 1 fully saturated rings. The van der Waals surface area contributed by atoms with Crippen LogP contribution < -0.4 is 10.6 Å². The second-order valence-corrected chi connectivity index (χ2v) is 7.28. The van der Waals surface area contributed by atoms with Crippen molar-refractivity contribution in [3.8, 4) is 0 Å². The van der Waals surface area contributed by atoms with Crippen LogP contribution in [0.1, 0.15) is 27.2 Å². The van der Waals surface area contributed by atoms with E-state index >= 15 is 0 Å². The Labute approximate surface area is 118 Å². The number of aliphatic carboxylic acids is 1. The molecule has 2 atom stereocenters. The Balaban J connectivity index is 2.42. The van der Waals surface area contributed by atoms with E-state index in [2.05, 4.69) is 10.6 Å². The SMILES string of the molecule is CC(C)(C)CC(CNC(=O)C1CSCCN1)C(=O)O. The zero-order valence-corrected chi connectivity index (χ0v) is 12.7. The van der Waals surface area contributed by atoms with E-state index < -0.39 is 11.9 Å². The first-order chi connectivity index (χ1) is 8.79. The van der Waals surface area contributed by atoms with Crippen LogP contribution in [0.2, 0.25) is 0 Å². The van der Waals surface area contributed by atoms with Crippen LogP contribution in [0.4, 0.5) is 0 Å². The van der Waals surface area contributed by atoms with E-state index in [-0.39, 0.29) is 23.9 Å². The van der Waals surface area contributed by atoms with Crippen LogP contribution in [0.15, 0.2) is 0 Å². The molecule has 1 aliphatic heterocycles. The van der Waals surface area contributed by atoms with E-state index in [1.807, 2.05) is 20.8 Å². The van der Waals surface area contributed by atoms with E-state index in [0.29, 0.717) is 6.42 Å². The maximum absolute atomic E-state index is 11.9. The van der Waals surface area contributed by atoms with E-state index in [0.717, 1.165) is 18.1 Å². The van der Waals surface area contributed by atoms with Crippen molar-refractivity contribution < 1.29 is 14.7 Å². The molecule has 0 bridgehead atoms. The minimum atomic E-state index is -0.846. The number of amides is 1. The van der Waals surface area contributed by atoms with Crippen molar-refractivity contribution in [1.82, 2.24) is 10.6 Å². The Morgan fingerprint density at radius 3 is 2.63 bits per heavy atom. The highest BCUT2D eigenvalue weighted by Gasteiger charge is 2.27. The molecular formula is C13H24N2O3S. The smallest absolute Gasteiger partial charge is 0.308 e. The fraction of sp³-hybridized carbons (Fsp3) is 0.846. The molecule has 0 radical (unpaired) electrons. The number of carboxylic acids is 1. The average molecular weight is 288 g/mol. The maximum Gasteiger partial charge on any atom is 0.308 e. The minimum absolute atomic E-state index is 0.0628. The largest absolute Gasteiger partial charge is 0.481 e. The molecule has 3 N–H and O–H groups in total. The van der Waals surface area contributed by atoms with Crippen molar-refractivity contribution in [2.75, 3.05) is 24.6 Å². The normalized spacial score (nSPS) is 21.7. The summed E-state index contributed by atoms with van der Waals surface area (Å²) in [6.07, 6.45) is 0.551. The second kappa shape index (κ2) is 7.14. The Morgan fingerprint density at radius 2 is 2.16 bits per heavy atom. The lowest BCUT2D eigenvalue weighted by Crippen LogP contribution is -2.50. The molecule has 1 amide bonds. The summed E-state index contributed by atoms with van der Waals surface area (Å²) in [5, 5.41) is 15.1. The van der Waals surface area contributed by atoms with Crippen molar-refractivity contribution in [2.24, 2.45) is 11.3 Å². The van der Waals surface area contributed by atoms with Crippen molar-refractivity contribution in [1.29, 1.82) is 0 Å². The highest BCUT2D eigenvalue weighted by Crippen LogP contribution is 2.24. The second-order valence-electron chi connectivity index (χ2n) is 6.13. The molecule has 2 unspecified atom stereocenters. The third kappa shape index (κ3) is 6.29. The maximum atomic E-state index is 11.9. The van der Waals surface area contributed by atoms with Gasteiger partial charge in [-0.2, -0.15) is 11.8 Å². The summed E-state index contributed by atoms with van der Waals surface area (Å²) in [6, 6.07) is -0.192. The van der Waals surface area contributed by atoms with Gasteiger partial charge in [0.1, 0.15) is 0 Å². The first kappa shape index (κ1) is 16.3. The Kier molecular flexibility index (Phi) is 6.13. The zero-order valence-electron chi connectivity index (χ0n) is 11.9. The minimum Gasteiger partial charge on any atom is -0.481 e. The fourth-order valence-corrected chi connectivity index (χ4v) is 3.00. The van der Waals surface area contributed by atoms with Crippen LogP contribution >= 0.6 is 11.8 Å². The Morgan fingerprint density at radius 1 is 1.47 bits per heavy atom. The number of rotatable bonds is 5. The van der Waals surface area contributed by atoms with Gasteiger partial charge in [0.25, 0.3) is 0 Å². The van der Waals surface area contributed by atoms with Crippen molar-refractivity contribution >= 4 is 23.6 Å². The molecule has 5 nitrogen and oxygen atoms in total. The number of carbonyl (C=O) groups is 2. The third-order valence-corrected chi connectivity index (χ3v) is 4.03. The number of hydrogen-bond donors (Lipinski definition) is 3. The van der Waals surface area contributed by atoms with Gasteiger partial charge in [-0.05, 0) is 11.8 Å². The standard InChI is InChI=1S/C13H24N2O3S/c1-13(2,3)6-9(12(17)18)7-15-11(16)10-8-19-5-4-14-10/h9-10,14H,4-8H2,1-3H3,(H,15,16)(H,17,18). The van der Waals surface area contributed by atoms with E-state index in [4.69, 9.17) is 0 Å². The molecule has 1 aliphatic rings. The lowest BCUT2D eigenvalue weighted by molar-refractivity contribution is -0.142. The van der Waals surface area contributed by atoms with Crippen LogP contribution in [-0.4, -0.2) is 47.6 Å². The highest BCUT2D eigenvalue weighted by molar-refractivity contribution is 7.99. The van der Waals surface area contributed by atoms with Gasteiger partial charge in [-0.3, -0.25) is 9.59 Å². The summed E-state index contributed by atoms with van der Waals surface area (Å²) in [7, 11) is 0. The lowest BCUT2D eigenvalue weighted by atomic mass is 9.84. The van der Waals surface area contributed by atoms with E-state index in [1.165, 1.54) is 0 Å². The van der Waals surface area contributed by atoms with Crippen LogP contribution in [-0.2, 0) is 9.59 Å². The van der Waals surface area contributed by atoms with Gasteiger partial charge in [0.05, 0.1) is 12.0 Å².